The van der Waals surface area contributed by atoms with Gasteiger partial charge in [-0.2, -0.15) is 0 Å². The molecule has 0 aliphatic heterocycles. The van der Waals surface area contributed by atoms with Crippen LogP contribution in [0.3, 0.4) is 0 Å². The first-order valence-electron chi connectivity index (χ1n) is 9.13. The molecule has 0 unspecified atom stereocenters. The van der Waals surface area contributed by atoms with E-state index in [9.17, 15) is 14.4 Å². The van der Waals surface area contributed by atoms with E-state index in [-0.39, 0.29) is 13.0 Å². The summed E-state index contributed by atoms with van der Waals surface area (Å²) in [6.45, 7) is -0.284. The van der Waals surface area contributed by atoms with Gasteiger partial charge in [0.1, 0.15) is 0 Å². The number of para-hydroxylation sites is 2. The maximum absolute atomic E-state index is 12.1. The van der Waals surface area contributed by atoms with Gasteiger partial charge in [-0.1, -0.05) is 42.5 Å². The van der Waals surface area contributed by atoms with Crippen LogP contribution in [0.1, 0.15) is 6.42 Å². The number of anilines is 1. The minimum atomic E-state index is -0.573. The third kappa shape index (κ3) is 4.19. The molecule has 0 saturated heterocycles. The Kier molecular flexibility index (Phi) is 5.11. The van der Waals surface area contributed by atoms with Crippen LogP contribution in [-0.2, 0) is 20.9 Å². The van der Waals surface area contributed by atoms with Crippen LogP contribution >= 0.6 is 0 Å². The van der Waals surface area contributed by atoms with Crippen LogP contribution in [0.4, 0.5) is 5.69 Å². The van der Waals surface area contributed by atoms with E-state index in [1.807, 2.05) is 36.4 Å². The van der Waals surface area contributed by atoms with Gasteiger partial charge in [0.25, 0.3) is 5.91 Å². The SMILES string of the molecule is O=C(COC(=O)CCn1c(=O)oc2ccccc21)Nc1ccc2ccccc2c1. The molecule has 1 aromatic heterocycles. The summed E-state index contributed by atoms with van der Waals surface area (Å²) in [4.78, 5) is 35.9. The molecule has 0 spiro atoms. The molecule has 7 heteroatoms. The number of carbonyl (C=O) groups is 2. The van der Waals surface area contributed by atoms with E-state index in [0.29, 0.717) is 16.8 Å². The first kappa shape index (κ1) is 18.5. The summed E-state index contributed by atoms with van der Waals surface area (Å²) in [7, 11) is 0. The monoisotopic (exact) mass is 390 g/mol. The number of benzene rings is 3. The second-order valence-corrected chi connectivity index (χ2v) is 6.51. The van der Waals surface area contributed by atoms with Gasteiger partial charge in [-0.25, -0.2) is 4.79 Å². The van der Waals surface area contributed by atoms with Gasteiger partial charge in [0.05, 0.1) is 11.9 Å². The van der Waals surface area contributed by atoms with Gasteiger partial charge in [0, 0.05) is 12.2 Å². The van der Waals surface area contributed by atoms with E-state index in [4.69, 9.17) is 9.15 Å². The van der Waals surface area contributed by atoms with Crippen molar-refractivity contribution in [3.63, 3.8) is 0 Å². The average molecular weight is 390 g/mol. The fraction of sp³-hybridized carbons (Fsp3) is 0.136. The highest BCUT2D eigenvalue weighted by Crippen LogP contribution is 2.18. The van der Waals surface area contributed by atoms with E-state index >= 15 is 0 Å². The molecule has 0 bridgehead atoms. The summed E-state index contributed by atoms with van der Waals surface area (Å²) in [5, 5.41) is 4.77. The van der Waals surface area contributed by atoms with Crippen molar-refractivity contribution in [3.05, 3.63) is 77.3 Å². The van der Waals surface area contributed by atoms with Gasteiger partial charge in [-0.3, -0.25) is 14.2 Å². The third-order valence-corrected chi connectivity index (χ3v) is 4.51. The predicted octanol–water partition coefficient (Wildman–Crippen LogP) is 3.32. The lowest BCUT2D eigenvalue weighted by molar-refractivity contribution is -0.147. The first-order chi connectivity index (χ1) is 14.1. The summed E-state index contributed by atoms with van der Waals surface area (Å²) in [6, 6.07) is 20.3. The second-order valence-electron chi connectivity index (χ2n) is 6.51. The van der Waals surface area contributed by atoms with Gasteiger partial charge in [-0.05, 0) is 35.0 Å². The Bertz CT molecular complexity index is 1250. The molecule has 1 N–H and O–H groups in total. The molecule has 0 atom stereocenters. The van der Waals surface area contributed by atoms with E-state index in [0.717, 1.165) is 10.8 Å². The number of esters is 1. The van der Waals surface area contributed by atoms with Crippen LogP contribution in [0.25, 0.3) is 21.9 Å². The largest absolute Gasteiger partial charge is 0.456 e. The molecular weight excluding hydrogens is 372 g/mol. The normalized spacial score (nSPS) is 10.9. The number of hydrogen-bond donors (Lipinski definition) is 1. The Hall–Kier alpha value is -3.87. The quantitative estimate of drug-likeness (QED) is 0.510. The second kappa shape index (κ2) is 8.02. The summed E-state index contributed by atoms with van der Waals surface area (Å²) >= 11 is 0. The van der Waals surface area contributed by atoms with Crippen molar-refractivity contribution < 1.29 is 18.7 Å². The Morgan fingerprint density at radius 1 is 0.966 bits per heavy atom. The number of aromatic nitrogens is 1. The Balaban J connectivity index is 1.30. The number of ether oxygens (including phenoxy) is 1. The molecule has 3 aromatic carbocycles. The summed E-state index contributed by atoms with van der Waals surface area (Å²) in [5.41, 5.74) is 1.70. The minimum Gasteiger partial charge on any atom is -0.456 e. The van der Waals surface area contributed by atoms with Gasteiger partial charge in [0.2, 0.25) is 0 Å². The van der Waals surface area contributed by atoms with Crippen molar-refractivity contribution in [2.45, 2.75) is 13.0 Å². The summed E-state index contributed by atoms with van der Waals surface area (Å²) in [6.07, 6.45) is -0.0489. The van der Waals surface area contributed by atoms with Gasteiger partial charge in [-0.15, -0.1) is 0 Å². The summed E-state index contributed by atoms with van der Waals surface area (Å²) in [5.74, 6) is -1.54. The molecule has 29 heavy (non-hydrogen) atoms. The van der Waals surface area contributed by atoms with Crippen LogP contribution in [-0.4, -0.2) is 23.1 Å². The molecule has 0 radical (unpaired) electrons. The van der Waals surface area contributed by atoms with Crippen LogP contribution in [0.2, 0.25) is 0 Å². The van der Waals surface area contributed by atoms with Crippen LogP contribution in [0.5, 0.6) is 0 Å². The lowest BCUT2D eigenvalue weighted by Gasteiger charge is -2.08. The predicted molar refractivity (Wildman–Crippen MR) is 109 cm³/mol. The van der Waals surface area contributed by atoms with E-state index < -0.39 is 24.2 Å². The number of amides is 1. The number of carbonyl (C=O) groups excluding carboxylic acids is 2. The van der Waals surface area contributed by atoms with Gasteiger partial charge >= 0.3 is 11.7 Å². The lowest BCUT2D eigenvalue weighted by Crippen LogP contribution is -2.22. The number of hydrogen-bond acceptors (Lipinski definition) is 5. The molecule has 4 rings (SSSR count). The van der Waals surface area contributed by atoms with E-state index in [2.05, 4.69) is 5.32 Å². The molecule has 1 amide bonds. The number of nitrogens with one attached hydrogen (secondary N) is 1. The van der Waals surface area contributed by atoms with E-state index in [1.165, 1.54) is 4.57 Å². The van der Waals surface area contributed by atoms with Gasteiger partial charge < -0.3 is 14.5 Å². The van der Waals surface area contributed by atoms with Crippen molar-refractivity contribution in [2.75, 3.05) is 11.9 Å². The van der Waals surface area contributed by atoms with Crippen LogP contribution in [0, 0.1) is 0 Å². The van der Waals surface area contributed by atoms with Crippen molar-refractivity contribution in [3.8, 4) is 0 Å². The molecule has 1 heterocycles. The Morgan fingerprint density at radius 3 is 2.59 bits per heavy atom. The minimum absolute atomic E-state index is 0.0489. The number of fused-ring (bicyclic) bond motifs is 2. The lowest BCUT2D eigenvalue weighted by atomic mass is 10.1. The highest BCUT2D eigenvalue weighted by atomic mass is 16.5. The molecule has 7 nitrogen and oxygen atoms in total. The zero-order valence-corrected chi connectivity index (χ0v) is 15.5. The summed E-state index contributed by atoms with van der Waals surface area (Å²) < 4.78 is 11.5. The zero-order chi connectivity index (χ0) is 20.2. The number of rotatable bonds is 6. The molecule has 0 aliphatic carbocycles. The fourth-order valence-electron chi connectivity index (χ4n) is 3.11. The molecule has 4 aromatic rings. The molecule has 0 saturated carbocycles. The van der Waals surface area contributed by atoms with E-state index in [1.54, 1.807) is 30.3 Å². The fourth-order valence-corrected chi connectivity index (χ4v) is 3.11. The maximum Gasteiger partial charge on any atom is 0.419 e. The number of nitrogens with zero attached hydrogens (tertiary/aromatic N) is 1. The van der Waals surface area contributed by atoms with Gasteiger partial charge in [0.15, 0.2) is 12.2 Å². The highest BCUT2D eigenvalue weighted by molar-refractivity contribution is 5.95. The highest BCUT2D eigenvalue weighted by Gasteiger charge is 2.12. The standard InChI is InChI=1S/C22H18N2O5/c25-20(23-17-10-9-15-5-1-2-6-16(15)13-17)14-28-21(26)11-12-24-18-7-3-4-8-19(18)29-22(24)27/h1-10,13H,11-12,14H2,(H,23,25). The van der Waals surface area contributed by atoms with Crippen molar-refractivity contribution >= 4 is 39.4 Å². The first-order valence-corrected chi connectivity index (χ1v) is 9.13. The van der Waals surface area contributed by atoms with Crippen molar-refractivity contribution in [2.24, 2.45) is 0 Å². The Morgan fingerprint density at radius 2 is 1.72 bits per heavy atom. The smallest absolute Gasteiger partial charge is 0.419 e. The van der Waals surface area contributed by atoms with Crippen molar-refractivity contribution in [1.29, 1.82) is 0 Å². The maximum atomic E-state index is 12.1. The average Bonchev–Trinajstić information content (AvgIpc) is 3.05. The molecule has 0 fully saturated rings. The zero-order valence-electron chi connectivity index (χ0n) is 15.5. The van der Waals surface area contributed by atoms with Crippen LogP contribution in [0.15, 0.2) is 75.9 Å². The third-order valence-electron chi connectivity index (χ3n) is 4.51. The molecular formula is C22H18N2O5. The molecule has 146 valence electrons. The molecule has 0 aliphatic rings. The number of aryl methyl sites for hydroxylation is 1. The number of oxazole rings is 1. The Labute approximate surface area is 165 Å². The topological polar surface area (TPSA) is 90.5 Å². The van der Waals surface area contributed by atoms with Crippen molar-refractivity contribution in [1.82, 2.24) is 4.57 Å². The van der Waals surface area contributed by atoms with Crippen LogP contribution < -0.4 is 11.1 Å².